The van der Waals surface area contributed by atoms with Crippen molar-refractivity contribution in [2.75, 3.05) is 11.5 Å². The topological polar surface area (TPSA) is 52.0 Å². The van der Waals surface area contributed by atoms with Crippen molar-refractivity contribution in [3.05, 3.63) is 23.8 Å². The van der Waals surface area contributed by atoms with Gasteiger partial charge in [0.05, 0.1) is 11.4 Å². The van der Waals surface area contributed by atoms with Crippen LogP contribution in [0.4, 0.5) is 11.4 Å². The van der Waals surface area contributed by atoms with Crippen LogP contribution in [0.3, 0.4) is 0 Å². The second kappa shape index (κ2) is 3.91. The summed E-state index contributed by atoms with van der Waals surface area (Å²) in [5.41, 5.74) is 14.4. The van der Waals surface area contributed by atoms with E-state index in [2.05, 4.69) is 26.8 Å². The van der Waals surface area contributed by atoms with E-state index in [1.807, 2.05) is 12.1 Å². The Morgan fingerprint density at radius 1 is 1.07 bits per heavy atom. The Morgan fingerprint density at radius 2 is 1.71 bits per heavy atom. The molecule has 1 rings (SSSR count). The average Bonchev–Trinajstić information content (AvgIpc) is 2.06. The van der Waals surface area contributed by atoms with E-state index >= 15 is 0 Å². The molecule has 0 saturated heterocycles. The zero-order valence-corrected chi connectivity index (χ0v) is 9.30. The molecule has 0 aromatic heterocycles. The molecule has 0 heterocycles. The molecule has 0 unspecified atom stereocenters. The molecule has 2 nitrogen and oxygen atoms in total. The second-order valence-corrected chi connectivity index (χ2v) is 5.02. The van der Waals surface area contributed by atoms with Crippen molar-refractivity contribution in [2.24, 2.45) is 5.41 Å². The van der Waals surface area contributed by atoms with E-state index in [4.69, 9.17) is 11.5 Å². The maximum absolute atomic E-state index is 5.73. The molecule has 2 heteroatoms. The molecule has 0 bridgehead atoms. The van der Waals surface area contributed by atoms with E-state index in [0.29, 0.717) is 16.8 Å². The van der Waals surface area contributed by atoms with Crippen molar-refractivity contribution in [1.82, 2.24) is 0 Å². The Bertz CT molecular complexity index is 311. The predicted molar refractivity (Wildman–Crippen MR) is 63.0 cm³/mol. The van der Waals surface area contributed by atoms with Crippen molar-refractivity contribution in [3.8, 4) is 0 Å². The normalized spacial score (nSPS) is 11.6. The van der Waals surface area contributed by atoms with Crippen LogP contribution in [0.2, 0.25) is 0 Å². The number of rotatable bonds is 2. The summed E-state index contributed by atoms with van der Waals surface area (Å²) < 4.78 is 0. The van der Waals surface area contributed by atoms with E-state index in [9.17, 15) is 0 Å². The molecule has 0 fully saturated rings. The molecular formula is C12H20N2. The lowest BCUT2D eigenvalue weighted by atomic mass is 9.88. The molecule has 0 aliphatic carbocycles. The minimum Gasteiger partial charge on any atom is -0.397 e. The SMILES string of the molecule is CC(C)(C)CCc1ccc(N)c(N)c1. The Hall–Kier alpha value is -1.18. The summed E-state index contributed by atoms with van der Waals surface area (Å²) in [5.74, 6) is 0. The first-order valence-electron chi connectivity index (χ1n) is 5.02. The van der Waals surface area contributed by atoms with Gasteiger partial charge >= 0.3 is 0 Å². The standard InChI is InChI=1S/C12H20N2/c1-12(2,3)7-6-9-4-5-10(13)11(14)8-9/h4-5,8H,6-7,13-14H2,1-3H3. The predicted octanol–water partition coefficient (Wildman–Crippen LogP) is 2.83. The Kier molecular flexibility index (Phi) is 3.04. The van der Waals surface area contributed by atoms with Crippen LogP contribution in [0.1, 0.15) is 32.8 Å². The number of anilines is 2. The first kappa shape index (κ1) is 10.9. The summed E-state index contributed by atoms with van der Waals surface area (Å²) in [6, 6.07) is 5.91. The monoisotopic (exact) mass is 192 g/mol. The van der Waals surface area contributed by atoms with E-state index in [1.54, 1.807) is 0 Å². The van der Waals surface area contributed by atoms with Crippen LogP contribution < -0.4 is 11.5 Å². The lowest BCUT2D eigenvalue weighted by molar-refractivity contribution is 0.378. The quantitative estimate of drug-likeness (QED) is 0.708. The molecule has 4 N–H and O–H groups in total. The van der Waals surface area contributed by atoms with Gasteiger partial charge in [-0.05, 0) is 36.0 Å². The van der Waals surface area contributed by atoms with Gasteiger partial charge in [-0.1, -0.05) is 26.8 Å². The molecule has 0 amide bonds. The third-order valence-corrected chi connectivity index (χ3v) is 2.31. The Labute approximate surface area is 86.3 Å². The number of nitrogen functional groups attached to an aromatic ring is 2. The smallest absolute Gasteiger partial charge is 0.0550 e. The number of hydrogen-bond donors (Lipinski definition) is 2. The van der Waals surface area contributed by atoms with E-state index in [-0.39, 0.29) is 0 Å². The molecule has 0 aliphatic rings. The molecule has 0 radical (unpaired) electrons. The van der Waals surface area contributed by atoms with E-state index in [0.717, 1.165) is 12.8 Å². The lowest BCUT2D eigenvalue weighted by Crippen LogP contribution is -2.06. The average molecular weight is 192 g/mol. The van der Waals surface area contributed by atoms with Gasteiger partial charge in [-0.25, -0.2) is 0 Å². The fraction of sp³-hybridized carbons (Fsp3) is 0.500. The molecule has 1 aromatic carbocycles. The zero-order valence-electron chi connectivity index (χ0n) is 9.30. The van der Waals surface area contributed by atoms with Gasteiger partial charge in [0.25, 0.3) is 0 Å². The maximum atomic E-state index is 5.73. The van der Waals surface area contributed by atoms with Crippen molar-refractivity contribution >= 4 is 11.4 Å². The summed E-state index contributed by atoms with van der Waals surface area (Å²) in [4.78, 5) is 0. The van der Waals surface area contributed by atoms with Crippen LogP contribution in [0.25, 0.3) is 0 Å². The van der Waals surface area contributed by atoms with E-state index in [1.165, 1.54) is 5.56 Å². The van der Waals surface area contributed by atoms with Gasteiger partial charge in [0.2, 0.25) is 0 Å². The molecule has 78 valence electrons. The third-order valence-electron chi connectivity index (χ3n) is 2.31. The van der Waals surface area contributed by atoms with Crippen LogP contribution in [0.5, 0.6) is 0 Å². The molecule has 0 aliphatic heterocycles. The van der Waals surface area contributed by atoms with E-state index < -0.39 is 0 Å². The van der Waals surface area contributed by atoms with Crippen molar-refractivity contribution in [2.45, 2.75) is 33.6 Å². The Balaban J connectivity index is 2.65. The van der Waals surface area contributed by atoms with Crippen LogP contribution in [-0.2, 0) is 6.42 Å². The number of aryl methyl sites for hydroxylation is 1. The maximum Gasteiger partial charge on any atom is 0.0550 e. The zero-order chi connectivity index (χ0) is 10.8. The largest absolute Gasteiger partial charge is 0.397 e. The summed E-state index contributed by atoms with van der Waals surface area (Å²) in [6.45, 7) is 6.73. The molecule has 0 atom stereocenters. The Morgan fingerprint density at radius 3 is 2.21 bits per heavy atom. The third kappa shape index (κ3) is 3.29. The van der Waals surface area contributed by atoms with Crippen LogP contribution in [0, 0.1) is 5.41 Å². The summed E-state index contributed by atoms with van der Waals surface area (Å²) in [5, 5.41) is 0. The van der Waals surface area contributed by atoms with Gasteiger partial charge in [-0.2, -0.15) is 0 Å². The van der Waals surface area contributed by atoms with Crippen LogP contribution >= 0.6 is 0 Å². The first-order valence-corrected chi connectivity index (χ1v) is 5.02. The highest BCUT2D eigenvalue weighted by Gasteiger charge is 2.10. The molecule has 0 saturated carbocycles. The lowest BCUT2D eigenvalue weighted by Gasteiger charge is -2.17. The van der Waals surface area contributed by atoms with Crippen LogP contribution in [0.15, 0.2) is 18.2 Å². The minimum atomic E-state index is 0.371. The van der Waals surface area contributed by atoms with Gasteiger partial charge in [-0.3, -0.25) is 0 Å². The van der Waals surface area contributed by atoms with Gasteiger partial charge < -0.3 is 11.5 Å². The van der Waals surface area contributed by atoms with Gasteiger partial charge in [0, 0.05) is 0 Å². The molecular weight excluding hydrogens is 172 g/mol. The summed E-state index contributed by atoms with van der Waals surface area (Å²) in [6.07, 6.45) is 2.23. The summed E-state index contributed by atoms with van der Waals surface area (Å²) >= 11 is 0. The van der Waals surface area contributed by atoms with Crippen molar-refractivity contribution in [1.29, 1.82) is 0 Å². The molecule has 14 heavy (non-hydrogen) atoms. The highest BCUT2D eigenvalue weighted by molar-refractivity contribution is 5.63. The van der Waals surface area contributed by atoms with Crippen molar-refractivity contribution in [3.63, 3.8) is 0 Å². The number of hydrogen-bond acceptors (Lipinski definition) is 2. The fourth-order valence-electron chi connectivity index (χ4n) is 1.30. The first-order chi connectivity index (χ1) is 6.38. The van der Waals surface area contributed by atoms with Crippen LogP contribution in [-0.4, -0.2) is 0 Å². The van der Waals surface area contributed by atoms with Gasteiger partial charge in [0.1, 0.15) is 0 Å². The van der Waals surface area contributed by atoms with Gasteiger partial charge in [0.15, 0.2) is 0 Å². The molecule has 1 aromatic rings. The van der Waals surface area contributed by atoms with Crippen molar-refractivity contribution < 1.29 is 0 Å². The van der Waals surface area contributed by atoms with Gasteiger partial charge in [-0.15, -0.1) is 0 Å². The minimum absolute atomic E-state index is 0.371. The fourth-order valence-corrected chi connectivity index (χ4v) is 1.30. The molecule has 0 spiro atoms. The highest BCUT2D eigenvalue weighted by atomic mass is 14.7. The highest BCUT2D eigenvalue weighted by Crippen LogP contribution is 2.23. The summed E-state index contributed by atoms with van der Waals surface area (Å²) in [7, 11) is 0. The number of nitrogens with two attached hydrogens (primary N) is 2. The second-order valence-electron chi connectivity index (χ2n) is 5.02. The number of benzene rings is 1.